The molecule has 1 nitrogen and oxygen atoms in total. The maximum atomic E-state index is 5.94. The Labute approximate surface area is 89.2 Å². The zero-order chi connectivity index (χ0) is 10.8. The molecule has 0 aromatic carbocycles. The van der Waals surface area contributed by atoms with Gasteiger partial charge in [0.2, 0.25) is 0 Å². The summed E-state index contributed by atoms with van der Waals surface area (Å²) in [4.78, 5) is 0. The van der Waals surface area contributed by atoms with E-state index in [-0.39, 0.29) is 0 Å². The summed E-state index contributed by atoms with van der Waals surface area (Å²) in [6.07, 6.45) is 4.38. The third kappa shape index (κ3) is 2.73. The molecule has 0 bridgehead atoms. The molecule has 1 rings (SSSR count). The summed E-state index contributed by atoms with van der Waals surface area (Å²) in [5.41, 5.74) is 0.460. The van der Waals surface area contributed by atoms with Crippen LogP contribution in [0.2, 0.25) is 0 Å². The summed E-state index contributed by atoms with van der Waals surface area (Å²) in [6, 6.07) is 0. The Morgan fingerprint density at radius 1 is 1.29 bits per heavy atom. The van der Waals surface area contributed by atoms with Crippen molar-refractivity contribution in [3.63, 3.8) is 0 Å². The quantitative estimate of drug-likeness (QED) is 0.669. The minimum atomic E-state index is 0.460. The summed E-state index contributed by atoms with van der Waals surface area (Å²) in [7, 11) is 0. The first-order valence-corrected chi connectivity index (χ1v) is 6.09. The fourth-order valence-corrected chi connectivity index (χ4v) is 2.20. The van der Waals surface area contributed by atoms with E-state index in [0.29, 0.717) is 17.4 Å². The maximum Gasteiger partial charge on any atom is 0.0598 e. The highest BCUT2D eigenvalue weighted by molar-refractivity contribution is 4.82. The van der Waals surface area contributed by atoms with Gasteiger partial charge in [0.05, 0.1) is 12.7 Å². The lowest BCUT2D eigenvalue weighted by Crippen LogP contribution is -2.36. The normalized spacial score (nSPS) is 29.6. The van der Waals surface area contributed by atoms with E-state index in [9.17, 15) is 0 Å². The van der Waals surface area contributed by atoms with E-state index < -0.39 is 0 Å². The standard InChI is InChI=1S/C13H26O/c1-6-13(4,5)11-7-8-12(10(2)3)14-9-11/h10-12H,6-9H2,1-5H3. The fraction of sp³-hybridized carbons (Fsp3) is 1.00. The van der Waals surface area contributed by atoms with Crippen molar-refractivity contribution < 1.29 is 4.74 Å². The van der Waals surface area contributed by atoms with Gasteiger partial charge in [-0.25, -0.2) is 0 Å². The molecule has 2 atom stereocenters. The molecule has 84 valence electrons. The van der Waals surface area contributed by atoms with E-state index in [2.05, 4.69) is 34.6 Å². The first kappa shape index (κ1) is 12.0. The fourth-order valence-electron chi connectivity index (χ4n) is 2.20. The van der Waals surface area contributed by atoms with Crippen LogP contribution in [0, 0.1) is 17.3 Å². The highest BCUT2D eigenvalue weighted by Crippen LogP contribution is 2.38. The minimum Gasteiger partial charge on any atom is -0.378 e. The van der Waals surface area contributed by atoms with Crippen LogP contribution in [0.25, 0.3) is 0 Å². The van der Waals surface area contributed by atoms with Crippen LogP contribution in [0.1, 0.15) is 53.9 Å². The Morgan fingerprint density at radius 2 is 1.93 bits per heavy atom. The van der Waals surface area contributed by atoms with Gasteiger partial charge in [0.1, 0.15) is 0 Å². The smallest absolute Gasteiger partial charge is 0.0598 e. The molecule has 2 unspecified atom stereocenters. The monoisotopic (exact) mass is 198 g/mol. The predicted molar refractivity (Wildman–Crippen MR) is 61.4 cm³/mol. The lowest BCUT2D eigenvalue weighted by Gasteiger charge is -2.39. The Hall–Kier alpha value is -0.0400. The summed E-state index contributed by atoms with van der Waals surface area (Å²) < 4.78 is 5.94. The second-order valence-electron chi connectivity index (χ2n) is 5.73. The van der Waals surface area contributed by atoms with E-state index in [1.54, 1.807) is 0 Å². The van der Waals surface area contributed by atoms with Crippen LogP contribution >= 0.6 is 0 Å². The minimum absolute atomic E-state index is 0.460. The van der Waals surface area contributed by atoms with E-state index in [4.69, 9.17) is 4.74 Å². The summed E-state index contributed by atoms with van der Waals surface area (Å²) in [5, 5.41) is 0. The Kier molecular flexibility index (Phi) is 4.00. The topological polar surface area (TPSA) is 9.23 Å². The number of hydrogen-bond donors (Lipinski definition) is 0. The van der Waals surface area contributed by atoms with Crippen molar-refractivity contribution in [2.24, 2.45) is 17.3 Å². The maximum absolute atomic E-state index is 5.94. The second kappa shape index (κ2) is 4.65. The van der Waals surface area contributed by atoms with Crippen molar-refractivity contribution in [3.8, 4) is 0 Å². The molecule has 0 saturated carbocycles. The summed E-state index contributed by atoms with van der Waals surface area (Å²) >= 11 is 0. The third-order valence-corrected chi connectivity index (χ3v) is 4.07. The van der Waals surface area contributed by atoms with Gasteiger partial charge in [-0.1, -0.05) is 41.0 Å². The Balaban J connectivity index is 2.43. The molecule has 1 fully saturated rings. The van der Waals surface area contributed by atoms with Crippen LogP contribution in [0.5, 0.6) is 0 Å². The highest BCUT2D eigenvalue weighted by Gasteiger charge is 2.33. The van der Waals surface area contributed by atoms with E-state index in [0.717, 1.165) is 12.5 Å². The molecule has 1 aliphatic rings. The van der Waals surface area contributed by atoms with Crippen molar-refractivity contribution >= 4 is 0 Å². The van der Waals surface area contributed by atoms with Crippen LogP contribution < -0.4 is 0 Å². The van der Waals surface area contributed by atoms with Crippen molar-refractivity contribution in [2.75, 3.05) is 6.61 Å². The molecule has 1 heterocycles. The lowest BCUT2D eigenvalue weighted by molar-refractivity contribution is -0.0690. The SMILES string of the molecule is CCC(C)(C)C1CCC(C(C)C)OC1. The van der Waals surface area contributed by atoms with Crippen LogP contribution in [-0.4, -0.2) is 12.7 Å². The molecule has 1 heteroatoms. The van der Waals surface area contributed by atoms with Gasteiger partial charge in [-0.2, -0.15) is 0 Å². The summed E-state index contributed by atoms with van der Waals surface area (Å²) in [5.74, 6) is 1.45. The van der Waals surface area contributed by atoms with Gasteiger partial charge in [0.15, 0.2) is 0 Å². The molecule has 0 aromatic heterocycles. The van der Waals surface area contributed by atoms with Crippen LogP contribution in [0.3, 0.4) is 0 Å². The molecule has 0 spiro atoms. The van der Waals surface area contributed by atoms with Gasteiger partial charge in [-0.15, -0.1) is 0 Å². The van der Waals surface area contributed by atoms with Crippen molar-refractivity contribution in [2.45, 2.75) is 60.0 Å². The molecular formula is C13H26O. The molecular weight excluding hydrogens is 172 g/mol. The van der Waals surface area contributed by atoms with Crippen LogP contribution in [-0.2, 0) is 4.74 Å². The molecule has 0 amide bonds. The first-order valence-electron chi connectivity index (χ1n) is 6.09. The second-order valence-corrected chi connectivity index (χ2v) is 5.73. The van der Waals surface area contributed by atoms with E-state index >= 15 is 0 Å². The predicted octanol–water partition coefficient (Wildman–Crippen LogP) is 3.87. The van der Waals surface area contributed by atoms with Crippen molar-refractivity contribution in [1.29, 1.82) is 0 Å². The van der Waals surface area contributed by atoms with Crippen molar-refractivity contribution in [1.82, 2.24) is 0 Å². The van der Waals surface area contributed by atoms with Gasteiger partial charge < -0.3 is 4.74 Å². The Morgan fingerprint density at radius 3 is 2.29 bits per heavy atom. The molecule has 1 saturated heterocycles. The number of rotatable bonds is 3. The summed E-state index contributed by atoms with van der Waals surface area (Å²) in [6.45, 7) is 12.5. The largest absolute Gasteiger partial charge is 0.378 e. The number of hydrogen-bond acceptors (Lipinski definition) is 1. The zero-order valence-corrected chi connectivity index (χ0v) is 10.5. The van der Waals surface area contributed by atoms with Crippen molar-refractivity contribution in [3.05, 3.63) is 0 Å². The van der Waals surface area contributed by atoms with E-state index in [1.807, 2.05) is 0 Å². The lowest BCUT2D eigenvalue weighted by atomic mass is 9.73. The Bertz CT molecular complexity index is 164. The average Bonchev–Trinajstić information content (AvgIpc) is 2.18. The third-order valence-electron chi connectivity index (χ3n) is 4.07. The zero-order valence-electron chi connectivity index (χ0n) is 10.5. The molecule has 0 aliphatic carbocycles. The molecule has 0 radical (unpaired) electrons. The van der Waals surface area contributed by atoms with Crippen LogP contribution in [0.15, 0.2) is 0 Å². The van der Waals surface area contributed by atoms with Gasteiger partial charge in [0.25, 0.3) is 0 Å². The molecule has 1 aliphatic heterocycles. The highest BCUT2D eigenvalue weighted by atomic mass is 16.5. The van der Waals surface area contributed by atoms with Gasteiger partial charge in [-0.3, -0.25) is 0 Å². The molecule has 14 heavy (non-hydrogen) atoms. The average molecular weight is 198 g/mol. The number of ether oxygens (including phenoxy) is 1. The van der Waals surface area contributed by atoms with E-state index in [1.165, 1.54) is 19.3 Å². The van der Waals surface area contributed by atoms with Gasteiger partial charge in [0, 0.05) is 0 Å². The van der Waals surface area contributed by atoms with Gasteiger partial charge >= 0.3 is 0 Å². The van der Waals surface area contributed by atoms with Gasteiger partial charge in [-0.05, 0) is 30.1 Å². The first-order chi connectivity index (χ1) is 6.47. The van der Waals surface area contributed by atoms with Crippen LogP contribution in [0.4, 0.5) is 0 Å². The molecule has 0 aromatic rings. The molecule has 0 N–H and O–H groups in total.